The summed E-state index contributed by atoms with van der Waals surface area (Å²) in [6.45, 7) is 3.69. The van der Waals surface area contributed by atoms with Crippen molar-refractivity contribution in [3.05, 3.63) is 35.9 Å². The highest BCUT2D eigenvalue weighted by Gasteiger charge is 2.27. The van der Waals surface area contributed by atoms with Crippen LogP contribution in [0.2, 0.25) is 5.15 Å². The van der Waals surface area contributed by atoms with Gasteiger partial charge in [-0.05, 0) is 25.0 Å². The largest absolute Gasteiger partial charge is 0.326 e. The van der Waals surface area contributed by atoms with E-state index in [-0.39, 0.29) is 0 Å². The quantitative estimate of drug-likeness (QED) is 0.836. The Labute approximate surface area is 104 Å². The third-order valence-corrected chi connectivity index (χ3v) is 2.97. The number of halogens is 1. The van der Waals surface area contributed by atoms with E-state index in [1.807, 2.05) is 12.3 Å². The van der Waals surface area contributed by atoms with Crippen molar-refractivity contribution in [3.8, 4) is 11.4 Å². The molecule has 86 valence electrons. The molecule has 0 bridgehead atoms. The summed E-state index contributed by atoms with van der Waals surface area (Å²) in [5, 5.41) is 8.40. The molecule has 2 aromatic rings. The first kappa shape index (κ1) is 10.5. The molecule has 5 heteroatoms. The molecule has 0 spiro atoms. The standard InChI is InChI=1S/C12H11ClN4/c1-2-9-5-8(6-14-16-9)12-15-11(13)7-17(12)10-3-4-10/h2,5-7,10H,1,3-4H2. The number of hydrogen-bond acceptors (Lipinski definition) is 3. The fourth-order valence-corrected chi connectivity index (χ4v) is 2.00. The lowest BCUT2D eigenvalue weighted by molar-refractivity contribution is 0.749. The molecule has 4 nitrogen and oxygen atoms in total. The van der Waals surface area contributed by atoms with Crippen LogP contribution in [0.1, 0.15) is 24.6 Å². The number of hydrogen-bond donors (Lipinski definition) is 0. The summed E-state index contributed by atoms with van der Waals surface area (Å²) >= 11 is 5.97. The molecular weight excluding hydrogens is 236 g/mol. The molecule has 0 amide bonds. The van der Waals surface area contributed by atoms with Gasteiger partial charge in [0.1, 0.15) is 11.0 Å². The molecule has 3 rings (SSSR count). The Balaban J connectivity index is 2.10. The van der Waals surface area contributed by atoms with Crippen LogP contribution in [0.15, 0.2) is 25.0 Å². The first-order valence-electron chi connectivity index (χ1n) is 5.48. The van der Waals surface area contributed by atoms with Gasteiger partial charge in [-0.15, -0.1) is 0 Å². The van der Waals surface area contributed by atoms with Gasteiger partial charge < -0.3 is 4.57 Å². The predicted molar refractivity (Wildman–Crippen MR) is 66.6 cm³/mol. The molecule has 0 N–H and O–H groups in total. The second-order valence-electron chi connectivity index (χ2n) is 4.10. The monoisotopic (exact) mass is 246 g/mol. The van der Waals surface area contributed by atoms with Crippen LogP contribution in [0.4, 0.5) is 0 Å². The smallest absolute Gasteiger partial charge is 0.147 e. The van der Waals surface area contributed by atoms with E-state index in [1.165, 1.54) is 12.8 Å². The molecule has 2 aromatic heterocycles. The van der Waals surface area contributed by atoms with Crippen LogP contribution in [-0.4, -0.2) is 19.7 Å². The van der Waals surface area contributed by atoms with Gasteiger partial charge in [0.25, 0.3) is 0 Å². The third kappa shape index (κ3) is 1.96. The lowest BCUT2D eigenvalue weighted by atomic mass is 10.2. The summed E-state index contributed by atoms with van der Waals surface area (Å²) in [5.41, 5.74) is 1.66. The first-order chi connectivity index (χ1) is 8.28. The molecule has 0 aliphatic heterocycles. The van der Waals surface area contributed by atoms with E-state index in [0.29, 0.717) is 11.2 Å². The van der Waals surface area contributed by atoms with Crippen molar-refractivity contribution in [3.63, 3.8) is 0 Å². The van der Waals surface area contributed by atoms with Gasteiger partial charge in [0, 0.05) is 17.8 Å². The van der Waals surface area contributed by atoms with Crippen LogP contribution in [0.3, 0.4) is 0 Å². The van der Waals surface area contributed by atoms with Crippen LogP contribution < -0.4 is 0 Å². The Bertz CT molecular complexity index is 572. The average molecular weight is 247 g/mol. The van der Waals surface area contributed by atoms with Crippen LogP contribution in [-0.2, 0) is 0 Å². The lowest BCUT2D eigenvalue weighted by Crippen LogP contribution is -1.97. The highest BCUT2D eigenvalue weighted by Crippen LogP contribution is 2.38. The van der Waals surface area contributed by atoms with E-state index in [9.17, 15) is 0 Å². The molecule has 1 aliphatic rings. The Morgan fingerprint density at radius 1 is 1.47 bits per heavy atom. The minimum Gasteiger partial charge on any atom is -0.326 e. The molecule has 1 fully saturated rings. The number of imidazole rings is 1. The van der Waals surface area contributed by atoms with Crippen molar-refractivity contribution in [1.29, 1.82) is 0 Å². The van der Waals surface area contributed by atoms with E-state index in [2.05, 4.69) is 26.3 Å². The van der Waals surface area contributed by atoms with Gasteiger partial charge >= 0.3 is 0 Å². The topological polar surface area (TPSA) is 43.6 Å². The van der Waals surface area contributed by atoms with Crippen molar-refractivity contribution in [1.82, 2.24) is 19.7 Å². The van der Waals surface area contributed by atoms with Gasteiger partial charge in [-0.1, -0.05) is 18.2 Å². The highest BCUT2D eigenvalue weighted by atomic mass is 35.5. The summed E-state index contributed by atoms with van der Waals surface area (Å²) in [4.78, 5) is 4.34. The van der Waals surface area contributed by atoms with E-state index in [4.69, 9.17) is 11.6 Å². The molecule has 0 atom stereocenters. The van der Waals surface area contributed by atoms with Crippen LogP contribution in [0.5, 0.6) is 0 Å². The van der Waals surface area contributed by atoms with Gasteiger partial charge in [0.2, 0.25) is 0 Å². The molecule has 0 saturated heterocycles. The Morgan fingerprint density at radius 2 is 2.29 bits per heavy atom. The number of nitrogens with zero attached hydrogens (tertiary/aromatic N) is 4. The van der Waals surface area contributed by atoms with Gasteiger partial charge in [0.05, 0.1) is 11.9 Å². The van der Waals surface area contributed by atoms with Crippen LogP contribution in [0.25, 0.3) is 17.5 Å². The molecule has 17 heavy (non-hydrogen) atoms. The van der Waals surface area contributed by atoms with Crippen molar-refractivity contribution < 1.29 is 0 Å². The molecule has 0 aromatic carbocycles. The van der Waals surface area contributed by atoms with Crippen molar-refractivity contribution in [2.24, 2.45) is 0 Å². The van der Waals surface area contributed by atoms with E-state index in [1.54, 1.807) is 12.3 Å². The van der Waals surface area contributed by atoms with Crippen molar-refractivity contribution in [2.45, 2.75) is 18.9 Å². The predicted octanol–water partition coefficient (Wildman–Crippen LogP) is 2.97. The summed E-state index contributed by atoms with van der Waals surface area (Å²) in [7, 11) is 0. The summed E-state index contributed by atoms with van der Waals surface area (Å²) in [6.07, 6.45) is 7.62. The van der Waals surface area contributed by atoms with Gasteiger partial charge in [-0.3, -0.25) is 0 Å². The second kappa shape index (κ2) is 3.96. The van der Waals surface area contributed by atoms with Gasteiger partial charge in [-0.25, -0.2) is 4.98 Å². The second-order valence-corrected chi connectivity index (χ2v) is 4.49. The minimum atomic E-state index is 0.517. The zero-order chi connectivity index (χ0) is 11.8. The molecule has 0 unspecified atom stereocenters. The Hall–Kier alpha value is -1.68. The molecule has 0 radical (unpaired) electrons. The van der Waals surface area contributed by atoms with Gasteiger partial charge in [-0.2, -0.15) is 10.2 Å². The number of aromatic nitrogens is 4. The minimum absolute atomic E-state index is 0.517. The zero-order valence-electron chi connectivity index (χ0n) is 9.17. The van der Waals surface area contributed by atoms with Crippen molar-refractivity contribution >= 4 is 17.7 Å². The summed E-state index contributed by atoms with van der Waals surface area (Å²) in [5.74, 6) is 0.857. The molecule has 1 aliphatic carbocycles. The zero-order valence-corrected chi connectivity index (χ0v) is 9.93. The van der Waals surface area contributed by atoms with Crippen LogP contribution in [0, 0.1) is 0 Å². The fourth-order valence-electron chi connectivity index (χ4n) is 1.81. The summed E-state index contributed by atoms with van der Waals surface area (Å²) < 4.78 is 2.12. The van der Waals surface area contributed by atoms with E-state index < -0.39 is 0 Å². The maximum Gasteiger partial charge on any atom is 0.147 e. The normalized spacial score (nSPS) is 14.9. The number of rotatable bonds is 3. The van der Waals surface area contributed by atoms with Crippen LogP contribution >= 0.6 is 11.6 Å². The van der Waals surface area contributed by atoms with E-state index in [0.717, 1.165) is 17.1 Å². The maximum atomic E-state index is 5.97. The molecule has 1 saturated carbocycles. The van der Waals surface area contributed by atoms with Crippen molar-refractivity contribution in [2.75, 3.05) is 0 Å². The van der Waals surface area contributed by atoms with Gasteiger partial charge in [0.15, 0.2) is 0 Å². The molecular formula is C12H11ClN4. The Kier molecular flexibility index (Phi) is 2.44. The maximum absolute atomic E-state index is 5.97. The average Bonchev–Trinajstić information content (AvgIpc) is 3.12. The third-order valence-electron chi connectivity index (χ3n) is 2.78. The summed E-state index contributed by atoms with van der Waals surface area (Å²) in [6, 6.07) is 2.45. The van der Waals surface area contributed by atoms with E-state index >= 15 is 0 Å². The molecule has 2 heterocycles. The lowest BCUT2D eigenvalue weighted by Gasteiger charge is -2.05. The SMILES string of the molecule is C=Cc1cc(-c2nc(Cl)cn2C2CC2)cnn1. The Morgan fingerprint density at radius 3 is 3.00 bits per heavy atom. The highest BCUT2D eigenvalue weighted by molar-refractivity contribution is 6.29. The fraction of sp³-hybridized carbons (Fsp3) is 0.250. The first-order valence-corrected chi connectivity index (χ1v) is 5.85.